The van der Waals surface area contributed by atoms with Gasteiger partial charge in [-0.15, -0.1) is 0 Å². The van der Waals surface area contributed by atoms with Crippen molar-refractivity contribution in [1.29, 1.82) is 0 Å². The lowest BCUT2D eigenvalue weighted by molar-refractivity contribution is 0.0516. The number of nitrogens with one attached hydrogen (secondary N) is 1. The van der Waals surface area contributed by atoms with E-state index in [9.17, 15) is 14.3 Å². The van der Waals surface area contributed by atoms with Crippen molar-refractivity contribution in [2.75, 3.05) is 13.1 Å². The number of ether oxygens (including phenoxy) is 1. The number of halogens is 1. The number of aromatic hydroxyl groups is 1. The Bertz CT molecular complexity index is 514. The van der Waals surface area contributed by atoms with Crippen LogP contribution in [0.5, 0.6) is 5.75 Å². The molecule has 0 radical (unpaired) electrons. The van der Waals surface area contributed by atoms with Crippen molar-refractivity contribution >= 4 is 6.09 Å². The molecule has 1 unspecified atom stereocenters. The fourth-order valence-electron chi connectivity index (χ4n) is 1.85. The molecule has 0 spiro atoms. The molecule has 5 nitrogen and oxygen atoms in total. The highest BCUT2D eigenvalue weighted by Crippen LogP contribution is 2.30. The summed E-state index contributed by atoms with van der Waals surface area (Å²) in [5, 5.41) is 12.5. The lowest BCUT2D eigenvalue weighted by Gasteiger charge is -2.30. The van der Waals surface area contributed by atoms with Crippen LogP contribution in [0.4, 0.5) is 9.18 Å². The summed E-state index contributed by atoms with van der Waals surface area (Å²) in [6.45, 7) is 7.25. The van der Waals surface area contributed by atoms with Crippen molar-refractivity contribution in [2.24, 2.45) is 5.73 Å². The number of carbonyl (C=O) groups excluding carboxylic acids is 1. The first-order chi connectivity index (χ1) is 9.57. The molecule has 21 heavy (non-hydrogen) atoms. The Morgan fingerprint density at radius 2 is 2.00 bits per heavy atom. The molecule has 1 rings (SSSR count). The molecule has 0 saturated carbocycles. The lowest BCUT2D eigenvalue weighted by Crippen LogP contribution is -2.45. The second-order valence-corrected chi connectivity index (χ2v) is 6.28. The third-order valence-corrected chi connectivity index (χ3v) is 3.08. The van der Waals surface area contributed by atoms with Gasteiger partial charge in [-0.2, -0.15) is 0 Å². The molecule has 0 saturated heterocycles. The summed E-state index contributed by atoms with van der Waals surface area (Å²) in [5.41, 5.74) is 4.68. The van der Waals surface area contributed by atoms with Gasteiger partial charge in [0.15, 0.2) is 0 Å². The second kappa shape index (κ2) is 6.30. The van der Waals surface area contributed by atoms with Crippen LogP contribution in [0.3, 0.4) is 0 Å². The van der Waals surface area contributed by atoms with Crippen molar-refractivity contribution in [3.05, 3.63) is 29.6 Å². The minimum Gasteiger partial charge on any atom is -0.508 e. The molecule has 1 aromatic rings. The highest BCUT2D eigenvalue weighted by atomic mass is 19.1. The van der Waals surface area contributed by atoms with Gasteiger partial charge in [-0.3, -0.25) is 0 Å². The van der Waals surface area contributed by atoms with Crippen LogP contribution in [0, 0.1) is 5.82 Å². The maximum absolute atomic E-state index is 13.4. The summed E-state index contributed by atoms with van der Waals surface area (Å²) in [6, 6.07) is 3.65. The summed E-state index contributed by atoms with van der Waals surface area (Å²) in [4.78, 5) is 11.7. The molecule has 0 heterocycles. The number of amides is 1. The number of phenolic OH excluding ortho intramolecular Hbond substituents is 1. The van der Waals surface area contributed by atoms with E-state index >= 15 is 0 Å². The molecule has 0 bridgehead atoms. The van der Waals surface area contributed by atoms with Crippen LogP contribution >= 0.6 is 0 Å². The van der Waals surface area contributed by atoms with E-state index in [1.807, 2.05) is 0 Å². The van der Waals surface area contributed by atoms with Crippen molar-refractivity contribution in [1.82, 2.24) is 5.32 Å². The van der Waals surface area contributed by atoms with Crippen LogP contribution in [0.2, 0.25) is 0 Å². The summed E-state index contributed by atoms with van der Waals surface area (Å²) in [7, 11) is 0. The largest absolute Gasteiger partial charge is 0.508 e. The average Bonchev–Trinajstić information content (AvgIpc) is 2.37. The fourth-order valence-corrected chi connectivity index (χ4v) is 1.85. The van der Waals surface area contributed by atoms with E-state index in [1.54, 1.807) is 27.7 Å². The first-order valence-corrected chi connectivity index (χ1v) is 6.73. The number of alkyl carbamates (subject to hydrolysis) is 1. The average molecular weight is 298 g/mol. The molecule has 4 N–H and O–H groups in total. The van der Waals surface area contributed by atoms with E-state index < -0.39 is 22.9 Å². The molecular formula is C15H23FN2O3. The summed E-state index contributed by atoms with van der Waals surface area (Å²) in [5.74, 6) is -0.532. The fraction of sp³-hybridized carbons (Fsp3) is 0.533. The Kier molecular flexibility index (Phi) is 5.17. The quantitative estimate of drug-likeness (QED) is 0.796. The zero-order chi connectivity index (χ0) is 16.3. The number of carbonyl (C=O) groups is 1. The van der Waals surface area contributed by atoms with Crippen LogP contribution in [-0.4, -0.2) is 29.9 Å². The predicted octanol–water partition coefficient (Wildman–Crippen LogP) is 2.27. The molecule has 0 aliphatic heterocycles. The van der Waals surface area contributed by atoms with Crippen LogP contribution in [-0.2, 0) is 10.2 Å². The van der Waals surface area contributed by atoms with Gasteiger partial charge in [-0.25, -0.2) is 9.18 Å². The standard InChI is InChI=1S/C15H23FN2O3/c1-14(2,3)21-13(20)18-9-15(4,8-17)11-7-10(16)5-6-12(11)19/h5-7,19H,8-9,17H2,1-4H3,(H,18,20). The van der Waals surface area contributed by atoms with Crippen LogP contribution in [0.25, 0.3) is 0 Å². The third kappa shape index (κ3) is 4.90. The lowest BCUT2D eigenvalue weighted by atomic mass is 9.81. The Morgan fingerprint density at radius 3 is 2.52 bits per heavy atom. The molecule has 1 atom stereocenters. The highest BCUT2D eigenvalue weighted by molar-refractivity contribution is 5.68. The van der Waals surface area contributed by atoms with E-state index in [0.717, 1.165) is 6.07 Å². The van der Waals surface area contributed by atoms with Crippen molar-refractivity contribution < 1.29 is 19.0 Å². The zero-order valence-corrected chi connectivity index (χ0v) is 12.9. The van der Waals surface area contributed by atoms with Gasteiger partial charge >= 0.3 is 6.09 Å². The van der Waals surface area contributed by atoms with Crippen molar-refractivity contribution in [2.45, 2.75) is 38.7 Å². The maximum Gasteiger partial charge on any atom is 0.407 e. The Labute approximate surface area is 124 Å². The van der Waals surface area contributed by atoms with Gasteiger partial charge in [-0.1, -0.05) is 6.92 Å². The second-order valence-electron chi connectivity index (χ2n) is 6.28. The molecule has 1 amide bonds. The SMILES string of the molecule is CC(C)(C)OC(=O)NCC(C)(CN)c1cc(F)ccc1O. The van der Waals surface area contributed by atoms with Crippen LogP contribution in [0.15, 0.2) is 18.2 Å². The number of rotatable bonds is 4. The Hall–Kier alpha value is -1.82. The molecule has 118 valence electrons. The highest BCUT2D eigenvalue weighted by Gasteiger charge is 2.30. The van der Waals surface area contributed by atoms with E-state index in [1.165, 1.54) is 12.1 Å². The van der Waals surface area contributed by atoms with Crippen molar-refractivity contribution in [3.8, 4) is 5.75 Å². The number of hydrogen-bond acceptors (Lipinski definition) is 4. The van der Waals surface area contributed by atoms with E-state index in [4.69, 9.17) is 10.5 Å². The van der Waals surface area contributed by atoms with Gasteiger partial charge in [0.05, 0.1) is 0 Å². The minimum atomic E-state index is -0.802. The number of nitrogens with two attached hydrogens (primary N) is 1. The van der Waals surface area contributed by atoms with Gasteiger partial charge in [0.2, 0.25) is 0 Å². The number of benzene rings is 1. The predicted molar refractivity (Wildman–Crippen MR) is 78.7 cm³/mol. The summed E-state index contributed by atoms with van der Waals surface area (Å²) in [6.07, 6.45) is -0.585. The first-order valence-electron chi connectivity index (χ1n) is 6.73. The maximum atomic E-state index is 13.4. The molecule has 0 fully saturated rings. The molecule has 1 aromatic carbocycles. The van der Waals surface area contributed by atoms with Gasteiger partial charge in [0.25, 0.3) is 0 Å². The van der Waals surface area contributed by atoms with E-state index in [2.05, 4.69) is 5.32 Å². The van der Waals surface area contributed by atoms with E-state index in [0.29, 0.717) is 5.56 Å². The monoisotopic (exact) mass is 298 g/mol. The molecule has 0 aromatic heterocycles. The zero-order valence-electron chi connectivity index (χ0n) is 12.9. The van der Waals surface area contributed by atoms with Crippen molar-refractivity contribution in [3.63, 3.8) is 0 Å². The molecule has 0 aliphatic rings. The number of hydrogen-bond donors (Lipinski definition) is 3. The Morgan fingerprint density at radius 1 is 1.38 bits per heavy atom. The van der Waals surface area contributed by atoms with Crippen LogP contribution in [0.1, 0.15) is 33.3 Å². The molecule has 6 heteroatoms. The topological polar surface area (TPSA) is 84.6 Å². The number of phenols is 1. The summed E-state index contributed by atoms with van der Waals surface area (Å²) >= 11 is 0. The summed E-state index contributed by atoms with van der Waals surface area (Å²) < 4.78 is 18.5. The third-order valence-electron chi connectivity index (χ3n) is 3.08. The minimum absolute atomic E-state index is 0.0599. The van der Waals surface area contributed by atoms with Gasteiger partial charge < -0.3 is 20.9 Å². The first kappa shape index (κ1) is 17.2. The Balaban J connectivity index is 2.86. The van der Waals surface area contributed by atoms with Gasteiger partial charge in [0, 0.05) is 24.1 Å². The van der Waals surface area contributed by atoms with Gasteiger partial charge in [0.1, 0.15) is 17.2 Å². The smallest absolute Gasteiger partial charge is 0.407 e. The van der Waals surface area contributed by atoms with E-state index in [-0.39, 0.29) is 18.8 Å². The normalized spacial score (nSPS) is 14.4. The molecule has 0 aliphatic carbocycles. The van der Waals surface area contributed by atoms with Gasteiger partial charge in [-0.05, 0) is 39.0 Å². The molecular weight excluding hydrogens is 275 g/mol. The van der Waals surface area contributed by atoms with Crippen LogP contribution < -0.4 is 11.1 Å².